The number of carbonyl (C=O) groups excluding carboxylic acids is 2. The highest BCUT2D eigenvalue weighted by Crippen LogP contribution is 2.29. The Morgan fingerprint density at radius 2 is 2.27 bits per heavy atom. The number of carbonyl (C=O) groups is 2. The minimum Gasteiger partial charge on any atom is -0.396 e. The molecule has 0 aliphatic carbocycles. The van der Waals surface area contributed by atoms with E-state index in [-0.39, 0.29) is 24.8 Å². The zero-order chi connectivity index (χ0) is 8.48. The molecule has 4 nitrogen and oxygen atoms in total. The highest BCUT2D eigenvalue weighted by Gasteiger charge is 2.41. The highest BCUT2D eigenvalue weighted by atomic mass is 16.3. The normalized spacial score (nSPS) is 30.7. The third kappa shape index (κ3) is 1.40. The van der Waals surface area contributed by atoms with Crippen molar-refractivity contribution in [1.29, 1.82) is 0 Å². The molecule has 11 heavy (non-hydrogen) atoms. The number of aliphatic hydroxyl groups is 1. The molecule has 0 radical (unpaired) electrons. The average Bonchev–Trinajstić information content (AvgIpc) is 2.08. The fourth-order valence-corrected chi connectivity index (χ4v) is 1.21. The Hall–Kier alpha value is -0.900. The number of aliphatic hydroxyl groups excluding tert-OH is 1. The van der Waals surface area contributed by atoms with E-state index in [4.69, 9.17) is 5.11 Å². The summed E-state index contributed by atoms with van der Waals surface area (Å²) in [6, 6.07) is 0. The van der Waals surface area contributed by atoms with Crippen LogP contribution in [0.1, 0.15) is 19.8 Å². The first-order chi connectivity index (χ1) is 5.08. The summed E-state index contributed by atoms with van der Waals surface area (Å²) in [5.74, 6) is -0.512. The highest BCUT2D eigenvalue weighted by molar-refractivity contribution is 6.05. The summed E-state index contributed by atoms with van der Waals surface area (Å²) in [4.78, 5) is 21.8. The van der Waals surface area contributed by atoms with Crippen molar-refractivity contribution in [3.63, 3.8) is 0 Å². The maximum atomic E-state index is 11.1. The molecule has 4 heteroatoms. The smallest absolute Gasteiger partial charge is 0.233 e. The second-order valence-corrected chi connectivity index (χ2v) is 3.09. The Kier molecular flexibility index (Phi) is 1.95. The lowest BCUT2D eigenvalue weighted by atomic mass is 9.85. The molecular weight excluding hydrogens is 146 g/mol. The van der Waals surface area contributed by atoms with Crippen LogP contribution < -0.4 is 5.32 Å². The standard InChI is InChI=1S/C7H11NO3/c1-7(2-3-9)4-5(10)8-6(7)11/h9H,2-4H2,1H3,(H,8,10,11). The summed E-state index contributed by atoms with van der Waals surface area (Å²) in [7, 11) is 0. The number of nitrogens with one attached hydrogen (secondary N) is 1. The van der Waals surface area contributed by atoms with E-state index < -0.39 is 5.41 Å². The van der Waals surface area contributed by atoms with E-state index in [1.807, 2.05) is 0 Å². The van der Waals surface area contributed by atoms with Crippen molar-refractivity contribution < 1.29 is 14.7 Å². The maximum Gasteiger partial charge on any atom is 0.233 e. The van der Waals surface area contributed by atoms with Gasteiger partial charge in [-0.1, -0.05) is 6.92 Å². The molecular formula is C7H11NO3. The van der Waals surface area contributed by atoms with Gasteiger partial charge in [-0.3, -0.25) is 14.9 Å². The van der Waals surface area contributed by atoms with Gasteiger partial charge >= 0.3 is 0 Å². The molecule has 0 bridgehead atoms. The van der Waals surface area contributed by atoms with Crippen LogP contribution in [0.3, 0.4) is 0 Å². The van der Waals surface area contributed by atoms with Gasteiger partial charge in [0.25, 0.3) is 0 Å². The zero-order valence-corrected chi connectivity index (χ0v) is 6.39. The Morgan fingerprint density at radius 3 is 2.64 bits per heavy atom. The summed E-state index contributed by atoms with van der Waals surface area (Å²) in [6.07, 6.45) is 0.553. The molecule has 0 saturated carbocycles. The van der Waals surface area contributed by atoms with Gasteiger partial charge in [-0.25, -0.2) is 0 Å². The molecule has 0 aromatic heterocycles. The predicted octanol–water partition coefficient (Wildman–Crippen LogP) is -0.578. The summed E-state index contributed by atoms with van der Waals surface area (Å²) in [5.41, 5.74) is -0.675. The van der Waals surface area contributed by atoms with Crippen molar-refractivity contribution in [2.24, 2.45) is 5.41 Å². The van der Waals surface area contributed by atoms with Gasteiger partial charge in [0, 0.05) is 13.0 Å². The van der Waals surface area contributed by atoms with E-state index in [1.165, 1.54) is 0 Å². The summed E-state index contributed by atoms with van der Waals surface area (Å²) in [6.45, 7) is 1.63. The molecule has 1 fully saturated rings. The summed E-state index contributed by atoms with van der Waals surface area (Å²) < 4.78 is 0. The minimum absolute atomic E-state index is 0.0583. The Labute approximate surface area is 64.6 Å². The number of rotatable bonds is 2. The molecule has 0 spiro atoms. The fraction of sp³-hybridized carbons (Fsp3) is 0.714. The zero-order valence-electron chi connectivity index (χ0n) is 6.39. The van der Waals surface area contributed by atoms with Crippen LogP contribution >= 0.6 is 0 Å². The molecule has 1 aliphatic rings. The molecule has 1 atom stereocenters. The van der Waals surface area contributed by atoms with Gasteiger partial charge in [0.1, 0.15) is 0 Å². The van der Waals surface area contributed by atoms with Crippen molar-refractivity contribution in [3.05, 3.63) is 0 Å². The van der Waals surface area contributed by atoms with Crippen LogP contribution in [-0.2, 0) is 9.59 Å². The van der Waals surface area contributed by atoms with Crippen LogP contribution in [0, 0.1) is 5.41 Å². The van der Waals surface area contributed by atoms with E-state index in [9.17, 15) is 9.59 Å². The quantitative estimate of drug-likeness (QED) is 0.527. The molecule has 62 valence electrons. The molecule has 2 amide bonds. The number of hydrogen-bond donors (Lipinski definition) is 2. The van der Waals surface area contributed by atoms with Crippen LogP contribution in [-0.4, -0.2) is 23.5 Å². The number of hydrogen-bond acceptors (Lipinski definition) is 3. The molecule has 1 heterocycles. The Morgan fingerprint density at radius 1 is 1.64 bits per heavy atom. The average molecular weight is 157 g/mol. The van der Waals surface area contributed by atoms with Crippen LogP contribution in [0.25, 0.3) is 0 Å². The third-order valence-corrected chi connectivity index (χ3v) is 2.02. The Balaban J connectivity index is 2.70. The van der Waals surface area contributed by atoms with Gasteiger partial charge < -0.3 is 5.11 Å². The largest absolute Gasteiger partial charge is 0.396 e. The van der Waals surface area contributed by atoms with Gasteiger partial charge in [0.2, 0.25) is 11.8 Å². The maximum absolute atomic E-state index is 11.1. The predicted molar refractivity (Wildman–Crippen MR) is 37.6 cm³/mol. The van der Waals surface area contributed by atoms with Crippen LogP contribution in [0.15, 0.2) is 0 Å². The van der Waals surface area contributed by atoms with Crippen molar-refractivity contribution in [2.45, 2.75) is 19.8 Å². The monoisotopic (exact) mass is 157 g/mol. The first kappa shape index (κ1) is 8.20. The van der Waals surface area contributed by atoms with E-state index in [0.29, 0.717) is 6.42 Å². The SMILES string of the molecule is CC1(CCO)CC(=O)NC1=O. The molecule has 1 aliphatic heterocycles. The van der Waals surface area contributed by atoms with Crippen LogP contribution in [0.2, 0.25) is 0 Å². The first-order valence-electron chi connectivity index (χ1n) is 3.54. The van der Waals surface area contributed by atoms with Crippen LogP contribution in [0.4, 0.5) is 0 Å². The summed E-state index contributed by atoms with van der Waals surface area (Å²) in [5, 5.41) is 10.8. The van der Waals surface area contributed by atoms with Crippen molar-refractivity contribution >= 4 is 11.8 Å². The van der Waals surface area contributed by atoms with E-state index in [1.54, 1.807) is 6.92 Å². The molecule has 1 unspecified atom stereocenters. The summed E-state index contributed by atoms with van der Waals surface area (Å²) >= 11 is 0. The van der Waals surface area contributed by atoms with Gasteiger partial charge in [0.05, 0.1) is 5.41 Å². The number of amides is 2. The van der Waals surface area contributed by atoms with E-state index >= 15 is 0 Å². The van der Waals surface area contributed by atoms with Crippen molar-refractivity contribution in [1.82, 2.24) is 5.32 Å². The molecule has 0 aromatic carbocycles. The van der Waals surface area contributed by atoms with E-state index in [2.05, 4.69) is 5.32 Å². The number of imide groups is 1. The topological polar surface area (TPSA) is 66.4 Å². The molecule has 2 N–H and O–H groups in total. The second-order valence-electron chi connectivity index (χ2n) is 3.09. The third-order valence-electron chi connectivity index (χ3n) is 2.02. The van der Waals surface area contributed by atoms with Crippen molar-refractivity contribution in [3.8, 4) is 0 Å². The first-order valence-corrected chi connectivity index (χ1v) is 3.54. The fourth-order valence-electron chi connectivity index (χ4n) is 1.21. The van der Waals surface area contributed by atoms with Gasteiger partial charge in [-0.05, 0) is 6.42 Å². The van der Waals surface area contributed by atoms with Gasteiger partial charge in [0.15, 0.2) is 0 Å². The van der Waals surface area contributed by atoms with Gasteiger partial charge in [-0.15, -0.1) is 0 Å². The molecule has 1 rings (SSSR count). The van der Waals surface area contributed by atoms with E-state index in [0.717, 1.165) is 0 Å². The minimum atomic E-state index is -0.675. The molecule has 0 aromatic rings. The lowest BCUT2D eigenvalue weighted by Gasteiger charge is -2.16. The lowest BCUT2D eigenvalue weighted by molar-refractivity contribution is -0.128. The van der Waals surface area contributed by atoms with Crippen LogP contribution in [0.5, 0.6) is 0 Å². The van der Waals surface area contributed by atoms with Crippen molar-refractivity contribution in [2.75, 3.05) is 6.61 Å². The van der Waals surface area contributed by atoms with Gasteiger partial charge in [-0.2, -0.15) is 0 Å². The molecule has 1 saturated heterocycles. The Bertz CT molecular complexity index is 202. The second kappa shape index (κ2) is 2.62. The lowest BCUT2D eigenvalue weighted by Crippen LogP contribution is -2.29.